The summed E-state index contributed by atoms with van der Waals surface area (Å²) in [7, 11) is 0. The van der Waals surface area contributed by atoms with E-state index in [4.69, 9.17) is 0 Å². The first kappa shape index (κ1) is 16.1. The molecule has 3 aromatic rings. The molecule has 2 aromatic carbocycles. The first-order valence-corrected chi connectivity index (χ1v) is 8.36. The number of nitrogens with zero attached hydrogens (tertiary/aromatic N) is 2. The molecule has 0 saturated carbocycles. The Morgan fingerprint density at radius 3 is 2.46 bits per heavy atom. The zero-order chi connectivity index (χ0) is 18.4. The molecular formula is C21H17N3O2. The summed E-state index contributed by atoms with van der Waals surface area (Å²) in [5.74, 6) is -0.355. The molecule has 128 valence electrons. The van der Waals surface area contributed by atoms with Gasteiger partial charge in [0, 0.05) is 16.6 Å². The number of rotatable bonds is 2. The van der Waals surface area contributed by atoms with Gasteiger partial charge in [-0.2, -0.15) is 0 Å². The van der Waals surface area contributed by atoms with Gasteiger partial charge in [0.25, 0.3) is 5.91 Å². The third kappa shape index (κ3) is 2.58. The summed E-state index contributed by atoms with van der Waals surface area (Å²) in [6.45, 7) is 5.94. The highest BCUT2D eigenvalue weighted by molar-refractivity contribution is 6.19. The summed E-state index contributed by atoms with van der Waals surface area (Å²) in [6, 6.07) is 9.35. The molecule has 0 atom stereocenters. The summed E-state index contributed by atoms with van der Waals surface area (Å²) in [4.78, 5) is 33.5. The largest absolute Gasteiger partial charge is 0.319 e. The molecule has 26 heavy (non-hydrogen) atoms. The summed E-state index contributed by atoms with van der Waals surface area (Å²) in [5.41, 5.74) is 5.65. The molecule has 0 bridgehead atoms. The molecule has 0 saturated heterocycles. The van der Waals surface area contributed by atoms with Crippen LogP contribution in [-0.4, -0.2) is 21.7 Å². The standard InChI is InChI=1S/C21H17N3O2/c1-11-9-12(2)19(13(3)10-11)24-21(26)20-22-15-6-4-5-14-17(25)8-7-16(23-20)18(14)15/h4-10H,1-3H3,(H,24,26). The van der Waals surface area contributed by atoms with Crippen molar-refractivity contribution in [1.29, 1.82) is 0 Å². The molecule has 1 aliphatic rings. The van der Waals surface area contributed by atoms with Gasteiger partial charge < -0.3 is 5.32 Å². The number of hydrogen-bond acceptors (Lipinski definition) is 4. The molecule has 1 amide bonds. The van der Waals surface area contributed by atoms with Crippen molar-refractivity contribution in [3.63, 3.8) is 0 Å². The normalized spacial score (nSPS) is 12.5. The average molecular weight is 343 g/mol. The van der Waals surface area contributed by atoms with Gasteiger partial charge in [-0.25, -0.2) is 9.97 Å². The number of anilines is 1. The number of ketones is 1. The van der Waals surface area contributed by atoms with Crippen LogP contribution in [0.3, 0.4) is 0 Å². The maximum absolute atomic E-state index is 12.8. The topological polar surface area (TPSA) is 72.0 Å². The Hall–Kier alpha value is -3.34. The van der Waals surface area contributed by atoms with E-state index in [-0.39, 0.29) is 17.5 Å². The Bertz CT molecular complexity index is 1110. The summed E-state index contributed by atoms with van der Waals surface area (Å²) in [5, 5.41) is 3.62. The van der Waals surface area contributed by atoms with Crippen molar-refractivity contribution in [3.05, 3.63) is 70.2 Å². The van der Waals surface area contributed by atoms with E-state index in [0.29, 0.717) is 22.2 Å². The molecule has 1 aliphatic carbocycles. The Morgan fingerprint density at radius 1 is 1.00 bits per heavy atom. The smallest absolute Gasteiger partial charge is 0.293 e. The highest BCUT2D eigenvalue weighted by Crippen LogP contribution is 2.27. The van der Waals surface area contributed by atoms with Crippen LogP contribution in [-0.2, 0) is 0 Å². The van der Waals surface area contributed by atoms with Crippen LogP contribution < -0.4 is 5.32 Å². The molecule has 1 heterocycles. The lowest BCUT2D eigenvalue weighted by atomic mass is 9.98. The van der Waals surface area contributed by atoms with Gasteiger partial charge in [-0.15, -0.1) is 0 Å². The van der Waals surface area contributed by atoms with Gasteiger partial charge >= 0.3 is 0 Å². The van der Waals surface area contributed by atoms with Gasteiger partial charge in [0.05, 0.1) is 11.2 Å². The Morgan fingerprint density at radius 2 is 1.73 bits per heavy atom. The second-order valence-corrected chi connectivity index (χ2v) is 6.56. The first-order chi connectivity index (χ1) is 12.4. The van der Waals surface area contributed by atoms with Gasteiger partial charge in [-0.1, -0.05) is 29.8 Å². The zero-order valence-electron chi connectivity index (χ0n) is 14.8. The van der Waals surface area contributed by atoms with Crippen LogP contribution in [0.5, 0.6) is 0 Å². The van der Waals surface area contributed by atoms with Crippen molar-refractivity contribution < 1.29 is 9.59 Å². The molecular weight excluding hydrogens is 326 g/mol. The number of aryl methyl sites for hydroxylation is 3. The van der Waals surface area contributed by atoms with Crippen LogP contribution in [0.4, 0.5) is 5.69 Å². The average Bonchev–Trinajstić information content (AvgIpc) is 2.60. The Kier molecular flexibility index (Phi) is 3.65. The van der Waals surface area contributed by atoms with Gasteiger partial charge in [0.2, 0.25) is 5.82 Å². The van der Waals surface area contributed by atoms with Crippen molar-refractivity contribution in [2.75, 3.05) is 5.32 Å². The van der Waals surface area contributed by atoms with Gasteiger partial charge in [-0.05, 0) is 50.1 Å². The number of carbonyl (C=O) groups excluding carboxylic acids is 2. The Balaban J connectivity index is 1.78. The second kappa shape index (κ2) is 5.88. The molecule has 5 heteroatoms. The number of aromatic nitrogens is 2. The predicted molar refractivity (Wildman–Crippen MR) is 102 cm³/mol. The zero-order valence-corrected chi connectivity index (χ0v) is 14.8. The lowest BCUT2D eigenvalue weighted by molar-refractivity contribution is 0.101. The number of nitrogens with one attached hydrogen (secondary N) is 1. The van der Waals surface area contributed by atoms with E-state index in [0.717, 1.165) is 22.4 Å². The molecule has 0 spiro atoms. The minimum absolute atomic E-state index is 0.0743. The monoisotopic (exact) mass is 343 g/mol. The minimum atomic E-state index is -0.367. The van der Waals surface area contributed by atoms with Crippen molar-refractivity contribution in [2.24, 2.45) is 0 Å². The molecule has 0 fully saturated rings. The number of hydrogen-bond donors (Lipinski definition) is 1. The third-order valence-corrected chi connectivity index (χ3v) is 4.53. The van der Waals surface area contributed by atoms with E-state index in [9.17, 15) is 9.59 Å². The summed E-state index contributed by atoms with van der Waals surface area (Å²) >= 11 is 0. The molecule has 5 nitrogen and oxygen atoms in total. The maximum atomic E-state index is 12.8. The number of carbonyl (C=O) groups is 2. The van der Waals surface area contributed by atoms with Crippen LogP contribution in [0.25, 0.3) is 17.0 Å². The van der Waals surface area contributed by atoms with Crippen molar-refractivity contribution in [1.82, 2.24) is 9.97 Å². The fourth-order valence-corrected chi connectivity index (χ4v) is 3.43. The number of amides is 1. The van der Waals surface area contributed by atoms with Crippen molar-refractivity contribution in [3.8, 4) is 0 Å². The molecule has 1 aromatic heterocycles. The highest BCUT2D eigenvalue weighted by Gasteiger charge is 2.20. The van der Waals surface area contributed by atoms with E-state index >= 15 is 0 Å². The van der Waals surface area contributed by atoms with Crippen molar-refractivity contribution in [2.45, 2.75) is 20.8 Å². The van der Waals surface area contributed by atoms with E-state index < -0.39 is 0 Å². The van der Waals surface area contributed by atoms with Crippen LogP contribution in [0.15, 0.2) is 36.4 Å². The first-order valence-electron chi connectivity index (χ1n) is 8.36. The van der Waals surface area contributed by atoms with Crippen LogP contribution in [0, 0.1) is 20.8 Å². The quantitative estimate of drug-likeness (QED) is 0.763. The maximum Gasteiger partial charge on any atom is 0.293 e. The highest BCUT2D eigenvalue weighted by atomic mass is 16.2. The van der Waals surface area contributed by atoms with E-state index in [1.54, 1.807) is 24.3 Å². The SMILES string of the molecule is Cc1cc(C)c(NC(=O)c2nc3c4c(cccc4n2)C(=O)C=C3)c(C)c1. The lowest BCUT2D eigenvalue weighted by Gasteiger charge is -2.14. The fourth-order valence-electron chi connectivity index (χ4n) is 3.43. The fraction of sp³-hybridized carbons (Fsp3) is 0.143. The summed E-state index contributed by atoms with van der Waals surface area (Å²) < 4.78 is 0. The Labute approximate surface area is 150 Å². The molecule has 0 radical (unpaired) electrons. The minimum Gasteiger partial charge on any atom is -0.319 e. The summed E-state index contributed by atoms with van der Waals surface area (Å²) in [6.07, 6.45) is 3.11. The lowest BCUT2D eigenvalue weighted by Crippen LogP contribution is -2.18. The van der Waals surface area contributed by atoms with E-state index in [1.807, 2.05) is 32.9 Å². The van der Waals surface area contributed by atoms with Crippen molar-refractivity contribution >= 4 is 34.4 Å². The predicted octanol–water partition coefficient (Wildman–Crippen LogP) is 4.02. The molecule has 0 unspecified atom stereocenters. The van der Waals surface area contributed by atoms with Gasteiger partial charge in [0.1, 0.15) is 0 Å². The van der Waals surface area contributed by atoms with Crippen LogP contribution in [0.2, 0.25) is 0 Å². The van der Waals surface area contributed by atoms with E-state index in [1.165, 1.54) is 6.08 Å². The number of allylic oxidation sites excluding steroid dienone is 1. The molecule has 4 rings (SSSR count). The van der Waals surface area contributed by atoms with E-state index in [2.05, 4.69) is 15.3 Å². The third-order valence-electron chi connectivity index (χ3n) is 4.53. The van der Waals surface area contributed by atoms with Gasteiger partial charge in [-0.3, -0.25) is 9.59 Å². The van der Waals surface area contributed by atoms with Crippen LogP contribution in [0.1, 0.15) is 43.4 Å². The van der Waals surface area contributed by atoms with Gasteiger partial charge in [0.15, 0.2) is 5.78 Å². The number of benzene rings is 2. The molecule has 1 N–H and O–H groups in total. The second-order valence-electron chi connectivity index (χ2n) is 6.56. The van der Waals surface area contributed by atoms with Crippen LogP contribution >= 0.6 is 0 Å². The molecule has 0 aliphatic heterocycles.